The van der Waals surface area contributed by atoms with Gasteiger partial charge in [-0.3, -0.25) is 4.79 Å². The lowest BCUT2D eigenvalue weighted by Crippen LogP contribution is -2.62. The summed E-state index contributed by atoms with van der Waals surface area (Å²) in [5.74, 6) is -1.29. The molecule has 12 rings (SSSR count). The monoisotopic (exact) mass is 1010 g/mol. The molecule has 6 bridgehead atoms. The van der Waals surface area contributed by atoms with E-state index >= 15 is 0 Å². The van der Waals surface area contributed by atoms with Crippen LogP contribution < -0.4 is 4.74 Å². The second-order valence-electron chi connectivity index (χ2n) is 22.1. The Morgan fingerprint density at radius 2 is 1.50 bits per heavy atom. The summed E-state index contributed by atoms with van der Waals surface area (Å²) in [5, 5.41) is 0. The lowest BCUT2D eigenvalue weighted by atomic mass is 9.78. The second-order valence-corrected chi connectivity index (χ2v) is 22.1. The number of hydrogen-bond donors (Lipinski definition) is 0. The number of fused-ring (bicyclic) bond motifs is 2. The van der Waals surface area contributed by atoms with Gasteiger partial charge in [-0.1, -0.05) is 73.8 Å². The molecule has 0 aromatic heterocycles. The van der Waals surface area contributed by atoms with Gasteiger partial charge in [0.15, 0.2) is 12.4 Å². The molecule has 11 aliphatic heterocycles. The standard InChI is InChI=1S/C54H76O14.CO2.CH4/c1-10-12-38-29(5)25-42-45(62-38)31(7)44(57-32(8)55)43(61-42)26-41-30(6)27(3)23-36(59-41)18-19-39-28(4)24-37(58-39)21-22-53-52-54(68-51(64-52)33-13-15-35(56-9)16-14-33)50(67-53)49-48(66-54)47(65-53)46-40(63-49)20-17-34(11-2)60-46;2-1-3;/h13-16,27,29,31,34,36-52H,4,6,10-12,17-26H2,1-3,5,7-9H3;;1H4/t27-,29-,31-,34+,36?,37+,38-,39?,40+,41?,42+,43+,44-,45+,46+,47+,48-,49?,50+,51?,52+,53-,54?;;/m1../s1. The normalized spacial score (nSPS) is 46.4. The number of esters is 1. The molecule has 16 nitrogen and oxygen atoms in total. The number of methoxy groups -OCH3 is 1. The van der Waals surface area contributed by atoms with Gasteiger partial charge in [-0.05, 0) is 99.3 Å². The Morgan fingerprint density at radius 1 is 0.750 bits per heavy atom. The number of carbonyl (C=O) groups excluding carboxylic acids is 3. The largest absolute Gasteiger partial charge is 0.497 e. The minimum atomic E-state index is -1.21. The predicted octanol–water partition coefficient (Wildman–Crippen LogP) is 8.42. The molecule has 0 N–H and O–H groups in total. The van der Waals surface area contributed by atoms with Crippen molar-refractivity contribution in [3.63, 3.8) is 0 Å². The van der Waals surface area contributed by atoms with E-state index in [1.807, 2.05) is 24.3 Å². The van der Waals surface area contributed by atoms with Crippen LogP contribution in [0.4, 0.5) is 0 Å². The highest BCUT2D eigenvalue weighted by Gasteiger charge is 2.83. The fourth-order valence-electron chi connectivity index (χ4n) is 13.9. The number of carbonyl (C=O) groups is 1. The summed E-state index contributed by atoms with van der Waals surface area (Å²) in [4.78, 5) is 28.7. The minimum Gasteiger partial charge on any atom is -0.497 e. The first kappa shape index (κ1) is 53.7. The van der Waals surface area contributed by atoms with Crippen molar-refractivity contribution < 1.29 is 76.0 Å². The van der Waals surface area contributed by atoms with Crippen LogP contribution >= 0.6 is 0 Å². The molecule has 11 fully saturated rings. The summed E-state index contributed by atoms with van der Waals surface area (Å²) in [6.45, 7) is 21.5. The molecule has 0 aliphatic carbocycles. The second kappa shape index (κ2) is 21.9. The topological polar surface area (TPSA) is 171 Å². The van der Waals surface area contributed by atoms with Crippen molar-refractivity contribution in [1.29, 1.82) is 0 Å². The molecule has 0 saturated carbocycles. The van der Waals surface area contributed by atoms with Crippen LogP contribution in [-0.2, 0) is 71.2 Å². The van der Waals surface area contributed by atoms with E-state index in [2.05, 4.69) is 47.8 Å². The van der Waals surface area contributed by atoms with Crippen molar-refractivity contribution in [3.8, 4) is 5.75 Å². The zero-order chi connectivity index (χ0) is 49.9. The Bertz CT molecular complexity index is 2110. The van der Waals surface area contributed by atoms with E-state index in [9.17, 15) is 4.79 Å². The Hall–Kier alpha value is -3.09. The summed E-state index contributed by atoms with van der Waals surface area (Å²) in [6.07, 6.45) is 6.46. The van der Waals surface area contributed by atoms with Gasteiger partial charge in [-0.2, -0.15) is 9.59 Å². The van der Waals surface area contributed by atoms with Gasteiger partial charge in [0.2, 0.25) is 11.6 Å². The summed E-state index contributed by atoms with van der Waals surface area (Å²) in [5.41, 5.74) is 3.02. The first-order valence-corrected chi connectivity index (χ1v) is 26.7. The molecule has 16 heteroatoms. The maximum Gasteiger partial charge on any atom is 0.373 e. The number of ether oxygens (including phenoxy) is 13. The zero-order valence-electron chi connectivity index (χ0n) is 42.6. The molecule has 11 aliphatic rings. The predicted molar refractivity (Wildman–Crippen MR) is 258 cm³/mol. The van der Waals surface area contributed by atoms with Crippen LogP contribution in [0.1, 0.15) is 144 Å². The van der Waals surface area contributed by atoms with Crippen molar-refractivity contribution in [2.75, 3.05) is 7.11 Å². The van der Waals surface area contributed by atoms with Crippen molar-refractivity contribution in [1.82, 2.24) is 0 Å². The van der Waals surface area contributed by atoms with Crippen molar-refractivity contribution >= 4 is 12.1 Å². The molecular formula is C56H80O16. The Kier molecular flexibility index (Phi) is 16.3. The summed E-state index contributed by atoms with van der Waals surface area (Å²) < 4.78 is 87.5. The Labute approximate surface area is 425 Å². The van der Waals surface area contributed by atoms with Crippen LogP contribution in [0.25, 0.3) is 0 Å². The third-order valence-corrected chi connectivity index (χ3v) is 17.5. The van der Waals surface area contributed by atoms with Crippen LogP contribution in [0.3, 0.4) is 0 Å². The van der Waals surface area contributed by atoms with Gasteiger partial charge in [-0.25, -0.2) is 0 Å². The van der Waals surface area contributed by atoms with E-state index in [0.717, 1.165) is 86.7 Å². The van der Waals surface area contributed by atoms with Gasteiger partial charge < -0.3 is 61.6 Å². The van der Waals surface area contributed by atoms with Crippen molar-refractivity contribution in [2.45, 2.75) is 254 Å². The van der Waals surface area contributed by atoms with E-state index in [1.54, 1.807) is 7.11 Å². The van der Waals surface area contributed by atoms with Crippen molar-refractivity contribution in [3.05, 3.63) is 54.1 Å². The Balaban J connectivity index is 0.00000156. The molecule has 11 heterocycles. The van der Waals surface area contributed by atoms with Crippen LogP contribution in [0.5, 0.6) is 5.75 Å². The van der Waals surface area contributed by atoms with E-state index in [0.29, 0.717) is 25.2 Å². The van der Waals surface area contributed by atoms with Gasteiger partial charge in [0.05, 0.1) is 68.1 Å². The average molecular weight is 1010 g/mol. The van der Waals surface area contributed by atoms with Gasteiger partial charge in [0.25, 0.3) is 0 Å². The van der Waals surface area contributed by atoms with Crippen LogP contribution in [0, 0.1) is 17.8 Å². The molecule has 72 heavy (non-hydrogen) atoms. The third-order valence-electron chi connectivity index (χ3n) is 17.5. The molecule has 1 spiro atoms. The van der Waals surface area contributed by atoms with Crippen molar-refractivity contribution in [2.24, 2.45) is 17.8 Å². The number of rotatable bonds is 14. The molecule has 6 unspecified atom stereocenters. The molecule has 1 aromatic carbocycles. The zero-order valence-corrected chi connectivity index (χ0v) is 42.6. The summed E-state index contributed by atoms with van der Waals surface area (Å²) in [6, 6.07) is 7.74. The third kappa shape index (κ3) is 9.84. The van der Waals surface area contributed by atoms with Gasteiger partial charge >= 0.3 is 12.1 Å². The van der Waals surface area contributed by atoms with Crippen LogP contribution in [0.15, 0.2) is 48.6 Å². The SMILES string of the molecule is C.C=C1C[C@H](CC[C@]23O[C@H]4[C@H]5O[C@@H](CC)CC[C@@H]5OC5[C@@H]4OC4(OC(c6ccc(OC)cc6)O[C@H]42)[C@H]5O3)OC1CCC1C[C@@H](C)C(=C)C(C[C@@H]2O[C@H]3C[C@@H](C)[C@@H](CCC)O[C@H]3[C@H](C)[C@H]2OC(C)=O)O1.O=C=O. The molecule has 0 amide bonds. The molecular weight excluding hydrogens is 929 g/mol. The molecule has 0 radical (unpaired) electrons. The highest BCUT2D eigenvalue weighted by Crippen LogP contribution is 2.64. The maximum atomic E-state index is 12.5. The van der Waals surface area contributed by atoms with Gasteiger partial charge in [0.1, 0.15) is 42.4 Å². The lowest BCUT2D eigenvalue weighted by molar-refractivity contribution is -0.329. The highest BCUT2D eigenvalue weighted by atomic mass is 16.9. The molecule has 400 valence electrons. The fourth-order valence-corrected chi connectivity index (χ4v) is 13.9. The Morgan fingerprint density at radius 3 is 2.22 bits per heavy atom. The maximum absolute atomic E-state index is 12.5. The van der Waals surface area contributed by atoms with Crippen LogP contribution in [0.2, 0.25) is 0 Å². The average Bonchev–Trinajstić information content (AvgIpc) is 4.03. The smallest absolute Gasteiger partial charge is 0.373 e. The first-order valence-electron chi connectivity index (χ1n) is 26.7. The lowest BCUT2D eigenvalue weighted by Gasteiger charge is -2.51. The van der Waals surface area contributed by atoms with Gasteiger partial charge in [0, 0.05) is 31.2 Å². The van der Waals surface area contributed by atoms with Crippen LogP contribution in [-0.4, -0.2) is 135 Å². The molecule has 23 atom stereocenters. The van der Waals surface area contributed by atoms with Gasteiger partial charge in [-0.15, -0.1) is 0 Å². The quantitative estimate of drug-likeness (QED) is 0.128. The first-order chi connectivity index (χ1) is 34.2. The van der Waals surface area contributed by atoms with E-state index in [4.69, 9.17) is 71.2 Å². The molecule has 1 aromatic rings. The number of benzene rings is 1. The minimum absolute atomic E-state index is 0. The summed E-state index contributed by atoms with van der Waals surface area (Å²) >= 11 is 0. The highest BCUT2D eigenvalue weighted by molar-refractivity contribution is 5.66. The van der Waals surface area contributed by atoms with E-state index in [-0.39, 0.29) is 105 Å². The summed E-state index contributed by atoms with van der Waals surface area (Å²) in [7, 11) is 1.65. The molecule has 11 saturated heterocycles. The number of hydrogen-bond acceptors (Lipinski definition) is 16. The fraction of sp³-hybridized carbons (Fsp3) is 0.786. The van der Waals surface area contributed by atoms with E-state index < -0.39 is 48.4 Å². The van der Waals surface area contributed by atoms with E-state index in [1.165, 1.54) is 6.92 Å².